The van der Waals surface area contributed by atoms with Crippen molar-refractivity contribution in [2.75, 3.05) is 19.0 Å². The number of hydrogen-bond acceptors (Lipinski definition) is 7. The van der Waals surface area contributed by atoms with E-state index in [0.717, 1.165) is 28.4 Å². The first kappa shape index (κ1) is 25.6. The van der Waals surface area contributed by atoms with Crippen LogP contribution in [-0.2, 0) is 15.3 Å². The number of anilines is 1. The van der Waals surface area contributed by atoms with Crippen molar-refractivity contribution < 1.29 is 14.3 Å². The lowest BCUT2D eigenvalue weighted by Crippen LogP contribution is -2.29. The van der Waals surface area contributed by atoms with E-state index in [9.17, 15) is 4.79 Å². The maximum Gasteiger partial charge on any atom is 0.338 e. The Balaban J connectivity index is 1.75. The molecule has 1 atom stereocenters. The first-order chi connectivity index (χ1) is 16.9. The van der Waals surface area contributed by atoms with Gasteiger partial charge in [0.1, 0.15) is 11.8 Å². The van der Waals surface area contributed by atoms with Crippen LogP contribution in [0.2, 0.25) is 5.02 Å². The van der Waals surface area contributed by atoms with Gasteiger partial charge in [-0.3, -0.25) is 0 Å². The molecule has 0 saturated heterocycles. The second kappa shape index (κ2) is 11.5. The molecule has 2 heterocycles. The number of hydrogen-bond donors (Lipinski definition) is 1. The van der Waals surface area contributed by atoms with E-state index in [-0.39, 0.29) is 0 Å². The molecular formula is C25H26BrClN4O3S. The maximum atomic E-state index is 12.9. The number of ether oxygens (including phenoxy) is 2. The molecule has 0 radical (unpaired) electrons. The third kappa shape index (κ3) is 5.68. The van der Waals surface area contributed by atoms with Gasteiger partial charge in [0, 0.05) is 26.5 Å². The molecule has 0 bridgehead atoms. The van der Waals surface area contributed by atoms with Gasteiger partial charge in [0.05, 0.1) is 19.3 Å². The summed E-state index contributed by atoms with van der Waals surface area (Å²) < 4.78 is 13.9. The van der Waals surface area contributed by atoms with E-state index in [1.165, 1.54) is 18.9 Å². The van der Waals surface area contributed by atoms with Crippen molar-refractivity contribution in [2.24, 2.45) is 0 Å². The Morgan fingerprint density at radius 2 is 2.09 bits per heavy atom. The number of rotatable bonds is 9. The van der Waals surface area contributed by atoms with Crippen molar-refractivity contribution in [1.82, 2.24) is 14.8 Å². The third-order valence-corrected chi connectivity index (χ3v) is 7.32. The molecule has 2 aromatic carbocycles. The number of thioether (sulfide) groups is 1. The van der Waals surface area contributed by atoms with Crippen LogP contribution in [0, 0.1) is 0 Å². The number of unbranched alkanes of at least 4 members (excludes halogenated alkanes) is 1. The molecule has 1 N–H and O–H groups in total. The molecule has 0 fully saturated rings. The maximum absolute atomic E-state index is 12.9. The zero-order valence-corrected chi connectivity index (χ0v) is 22.8. The minimum absolute atomic E-state index is 0.439. The topological polar surface area (TPSA) is 78.3 Å². The summed E-state index contributed by atoms with van der Waals surface area (Å²) in [7, 11) is 1.38. The number of benzene rings is 2. The fourth-order valence-corrected chi connectivity index (χ4v) is 5.30. The normalized spacial score (nSPS) is 14.9. The first-order valence-corrected chi connectivity index (χ1v) is 13.4. The van der Waals surface area contributed by atoms with Crippen molar-refractivity contribution >= 4 is 51.2 Å². The summed E-state index contributed by atoms with van der Waals surface area (Å²) in [6, 6.07) is 12.9. The van der Waals surface area contributed by atoms with E-state index in [0.29, 0.717) is 45.5 Å². The molecule has 4 rings (SSSR count). The van der Waals surface area contributed by atoms with Gasteiger partial charge in [-0.2, -0.15) is 4.98 Å². The van der Waals surface area contributed by atoms with Gasteiger partial charge < -0.3 is 14.8 Å². The van der Waals surface area contributed by atoms with Crippen LogP contribution in [-0.4, -0.2) is 34.5 Å². The number of carbonyl (C=O) groups excluding carboxylic acids is 1. The minimum atomic E-state index is -0.574. The number of allylic oxidation sites excluding steroid dienone is 1. The summed E-state index contributed by atoms with van der Waals surface area (Å²) in [6.07, 6.45) is 1.95. The number of esters is 1. The van der Waals surface area contributed by atoms with Crippen LogP contribution in [0.3, 0.4) is 0 Å². The van der Waals surface area contributed by atoms with Crippen LogP contribution in [0.1, 0.15) is 43.9 Å². The van der Waals surface area contributed by atoms with E-state index in [2.05, 4.69) is 28.2 Å². The lowest BCUT2D eigenvalue weighted by atomic mass is 9.95. The smallest absolute Gasteiger partial charge is 0.338 e. The zero-order valence-electron chi connectivity index (χ0n) is 19.7. The summed E-state index contributed by atoms with van der Waals surface area (Å²) in [5.74, 6) is 1.41. The molecule has 7 nitrogen and oxygen atoms in total. The Morgan fingerprint density at radius 1 is 1.29 bits per heavy atom. The Morgan fingerprint density at radius 3 is 2.83 bits per heavy atom. The van der Waals surface area contributed by atoms with Gasteiger partial charge in [-0.25, -0.2) is 9.48 Å². The van der Waals surface area contributed by atoms with Gasteiger partial charge in [0.15, 0.2) is 0 Å². The molecule has 0 aliphatic carbocycles. The van der Waals surface area contributed by atoms with Gasteiger partial charge in [-0.15, -0.1) is 5.10 Å². The molecule has 10 heteroatoms. The molecule has 0 amide bonds. The molecule has 1 aromatic heterocycles. The Kier molecular flexibility index (Phi) is 8.41. The Bertz CT molecular complexity index is 1260. The quantitative estimate of drug-likeness (QED) is 0.174. The predicted octanol–water partition coefficient (Wildman–Crippen LogP) is 6.63. The molecule has 0 saturated carbocycles. The molecule has 35 heavy (non-hydrogen) atoms. The highest BCUT2D eigenvalue weighted by atomic mass is 79.9. The molecule has 1 aliphatic rings. The van der Waals surface area contributed by atoms with E-state index < -0.39 is 12.0 Å². The second-order valence-corrected chi connectivity index (χ2v) is 10.2. The van der Waals surface area contributed by atoms with E-state index >= 15 is 0 Å². The highest BCUT2D eigenvalue weighted by Gasteiger charge is 2.36. The molecule has 3 aromatic rings. The highest BCUT2D eigenvalue weighted by molar-refractivity contribution is 9.10. The number of nitrogens with one attached hydrogen (secondary N) is 1. The second-order valence-electron chi connectivity index (χ2n) is 7.98. The third-order valence-electron chi connectivity index (χ3n) is 5.57. The van der Waals surface area contributed by atoms with Crippen LogP contribution in [0.15, 0.2) is 63.4 Å². The number of nitrogens with zero attached hydrogens (tertiary/aromatic N) is 3. The molecule has 1 aliphatic heterocycles. The number of halogens is 2. The number of carbonyl (C=O) groups is 1. The van der Waals surface area contributed by atoms with E-state index in [4.69, 9.17) is 31.2 Å². The summed E-state index contributed by atoms with van der Waals surface area (Å²) in [4.78, 5) is 17.6. The first-order valence-electron chi connectivity index (χ1n) is 11.2. The summed E-state index contributed by atoms with van der Waals surface area (Å²) in [5, 5.41) is 9.26. The van der Waals surface area contributed by atoms with Gasteiger partial charge in [0.2, 0.25) is 11.1 Å². The van der Waals surface area contributed by atoms with Gasteiger partial charge in [-0.1, -0.05) is 70.8 Å². The van der Waals surface area contributed by atoms with Crippen LogP contribution in [0.25, 0.3) is 0 Å². The standard InChI is InChI=1S/C25H26BrClN4O3S/c1-4-5-12-34-20-11-10-17(26)13-18(20)22-21(23(32)33-3)15(2)28-24-29-25(30-31(22)24)35-14-16-8-6-7-9-19(16)27/h6-11,13,22H,4-5,12,14H2,1-3H3,(H,28,29,30). The summed E-state index contributed by atoms with van der Waals surface area (Å²) in [5.41, 5.74) is 2.90. The van der Waals surface area contributed by atoms with Crippen molar-refractivity contribution in [2.45, 2.75) is 43.6 Å². The molecule has 0 spiro atoms. The number of aromatic nitrogens is 3. The fourth-order valence-electron chi connectivity index (χ4n) is 3.80. The van der Waals surface area contributed by atoms with Gasteiger partial charge in [-0.05, 0) is 43.2 Å². The van der Waals surface area contributed by atoms with E-state index in [1.807, 2.05) is 49.4 Å². The lowest BCUT2D eigenvalue weighted by Gasteiger charge is -2.29. The largest absolute Gasteiger partial charge is 0.493 e. The Labute approximate surface area is 222 Å². The SMILES string of the molecule is CCCCOc1ccc(Br)cc1C1C(C(=O)OC)=C(C)Nc2nc(SCc3ccccc3Cl)nn21. The lowest BCUT2D eigenvalue weighted by molar-refractivity contribution is -0.136. The zero-order chi connectivity index (χ0) is 24.9. The van der Waals surface area contributed by atoms with Crippen molar-refractivity contribution in [3.05, 3.63) is 74.4 Å². The van der Waals surface area contributed by atoms with Crippen molar-refractivity contribution in [1.29, 1.82) is 0 Å². The minimum Gasteiger partial charge on any atom is -0.493 e. The monoisotopic (exact) mass is 576 g/mol. The van der Waals surface area contributed by atoms with Crippen LogP contribution in [0.5, 0.6) is 5.75 Å². The fraction of sp³-hybridized carbons (Fsp3) is 0.320. The van der Waals surface area contributed by atoms with Gasteiger partial charge in [0.25, 0.3) is 0 Å². The van der Waals surface area contributed by atoms with Crippen molar-refractivity contribution in [3.8, 4) is 5.75 Å². The van der Waals surface area contributed by atoms with Gasteiger partial charge >= 0.3 is 5.97 Å². The van der Waals surface area contributed by atoms with E-state index in [1.54, 1.807) is 4.68 Å². The Hall–Kier alpha value is -2.49. The molecule has 184 valence electrons. The molecular weight excluding hydrogens is 552 g/mol. The van der Waals surface area contributed by atoms with Crippen molar-refractivity contribution in [3.63, 3.8) is 0 Å². The van der Waals surface area contributed by atoms with Crippen LogP contribution in [0.4, 0.5) is 5.95 Å². The number of fused-ring (bicyclic) bond motifs is 1. The summed E-state index contributed by atoms with van der Waals surface area (Å²) >= 11 is 11.4. The predicted molar refractivity (Wildman–Crippen MR) is 142 cm³/mol. The average molecular weight is 578 g/mol. The van der Waals surface area contributed by atoms with Crippen LogP contribution >= 0.6 is 39.3 Å². The van der Waals surface area contributed by atoms with Crippen LogP contribution < -0.4 is 10.1 Å². The summed E-state index contributed by atoms with van der Waals surface area (Å²) in [6.45, 7) is 4.53. The molecule has 1 unspecified atom stereocenters. The number of methoxy groups -OCH3 is 1. The average Bonchev–Trinajstić information content (AvgIpc) is 3.25. The highest BCUT2D eigenvalue weighted by Crippen LogP contribution is 2.41.